The molecule has 712 valence electrons. The number of nitrogens with zero attached hydrogens (tertiary/aromatic N) is 16. The highest BCUT2D eigenvalue weighted by molar-refractivity contribution is 6.31. The molecular weight excluding hydrogens is 1840 g/mol. The number of carboxylic acids is 1. The molecule has 8 aromatic heterocycles. The largest absolute Gasteiger partial charge is 0.480 e. The van der Waals surface area contributed by atoms with E-state index in [4.69, 9.17) is 52.1 Å². The summed E-state index contributed by atoms with van der Waals surface area (Å²) in [5.41, 5.74) is 13.8. The minimum atomic E-state index is -0.969. The van der Waals surface area contributed by atoms with E-state index in [1.54, 1.807) is 88.0 Å². The highest BCUT2D eigenvalue weighted by Gasteiger charge is 2.61. The van der Waals surface area contributed by atoms with Gasteiger partial charge in [-0.2, -0.15) is 20.4 Å². The second kappa shape index (κ2) is 38.4. The Balaban J connectivity index is 0.000000114. The molecule has 4 aliphatic heterocycles. The summed E-state index contributed by atoms with van der Waals surface area (Å²) in [6, 6.07) is 44.6. The molecule has 12 heterocycles. The van der Waals surface area contributed by atoms with E-state index in [0.717, 1.165) is 90.7 Å². The van der Waals surface area contributed by atoms with Crippen LogP contribution in [0.1, 0.15) is 219 Å². The van der Waals surface area contributed by atoms with Crippen LogP contribution in [0.3, 0.4) is 0 Å². The number of rotatable bonds is 26. The first-order valence-corrected chi connectivity index (χ1v) is 48.6. The van der Waals surface area contributed by atoms with Crippen molar-refractivity contribution >= 4 is 161 Å². The van der Waals surface area contributed by atoms with Crippen molar-refractivity contribution in [1.82, 2.24) is 78.7 Å². The molecule has 4 amide bonds. The molecule has 0 spiro atoms. The van der Waals surface area contributed by atoms with Crippen molar-refractivity contribution in [3.05, 3.63) is 236 Å². The van der Waals surface area contributed by atoms with Gasteiger partial charge in [-0.25, -0.2) is 43.5 Å². The van der Waals surface area contributed by atoms with Gasteiger partial charge >= 0.3 is 5.97 Å². The van der Waals surface area contributed by atoms with Crippen molar-refractivity contribution in [2.45, 2.75) is 236 Å². The van der Waals surface area contributed by atoms with Crippen molar-refractivity contribution < 1.29 is 62.6 Å². The minimum absolute atomic E-state index is 0. The highest BCUT2D eigenvalue weighted by Crippen LogP contribution is 2.57. The summed E-state index contributed by atoms with van der Waals surface area (Å²) in [6.45, 7) is 5.59. The number of aromatic nitrogens is 12. The maximum absolute atomic E-state index is 13.4. The first kappa shape index (κ1) is 94.5. The lowest BCUT2D eigenvalue weighted by Crippen LogP contribution is -2.44. The molecule has 0 radical (unpaired) electrons. The molecule has 24 rings (SSSR count). The predicted octanol–water partition coefficient (Wildman–Crippen LogP) is 15.6. The first-order valence-electron chi connectivity index (χ1n) is 47.1. The quantitative estimate of drug-likeness (QED) is 0.0475. The number of pyridine rings is 4. The molecule has 0 bridgehead atoms. The number of ketones is 7. The number of carboxylic acid groups (broad SMARTS) is 1. The molecule has 20 atom stereocenters. The number of nitrogens with two attached hydrogens (primary N) is 1. The van der Waals surface area contributed by atoms with E-state index >= 15 is 0 Å². The third kappa shape index (κ3) is 19.6. The predicted molar refractivity (Wildman–Crippen MR) is 516 cm³/mol. The fourth-order valence-corrected chi connectivity index (χ4v) is 22.9. The smallest absolute Gasteiger partial charge is 0.326 e. The average Bonchev–Trinajstić information content (AvgIpc) is 1.58. The normalized spacial score (nSPS) is 26.6. The second-order valence-corrected chi connectivity index (χ2v) is 40.8. The monoisotopic (exact) mass is 1940 g/mol. The molecule has 3 N–H and O–H groups in total. The number of carbonyl (C=O) groups is 12. The number of carbonyl (C=O) groups excluding carboxylic acids is 11. The molecule has 12 aromatic rings. The summed E-state index contributed by atoms with van der Waals surface area (Å²) in [5.74, 6) is 2.29. The van der Waals surface area contributed by atoms with Gasteiger partial charge in [0.15, 0.2) is 63.1 Å². The lowest BCUT2D eigenvalue weighted by atomic mass is 10.00. The van der Waals surface area contributed by atoms with Crippen LogP contribution in [0.5, 0.6) is 0 Å². The van der Waals surface area contributed by atoms with Gasteiger partial charge < -0.3 is 30.4 Å². The molecule has 8 aliphatic carbocycles. The number of hydrogen-bond acceptors (Lipinski definition) is 21. The number of Topliss-reactive ketones (excluding diaryl/α,β-unsaturated/α-hetero) is 7. The summed E-state index contributed by atoms with van der Waals surface area (Å²) in [4.78, 5) is 176. The summed E-state index contributed by atoms with van der Waals surface area (Å²) in [6.07, 6.45) is 18.5. The van der Waals surface area contributed by atoms with Gasteiger partial charge in [0.25, 0.3) is 0 Å². The van der Waals surface area contributed by atoms with Crippen LogP contribution in [0, 0.1) is 41.4 Å². The number of likely N-dealkylation sites (tertiary alicyclic amines) is 4. The van der Waals surface area contributed by atoms with Gasteiger partial charge in [-0.3, -0.25) is 52.7 Å². The van der Waals surface area contributed by atoms with Crippen molar-refractivity contribution in [2.24, 2.45) is 47.2 Å². The number of fused-ring (bicyclic) bond motifs is 8. The third-order valence-electron chi connectivity index (χ3n) is 29.6. The third-order valence-corrected chi connectivity index (χ3v) is 30.5. The van der Waals surface area contributed by atoms with Gasteiger partial charge in [0.05, 0.1) is 39.7 Å². The molecule has 4 saturated heterocycles. The van der Waals surface area contributed by atoms with Crippen molar-refractivity contribution in [1.29, 1.82) is 0 Å². The number of hydrogen-bond donors (Lipinski definition) is 2. The van der Waals surface area contributed by atoms with Crippen LogP contribution in [-0.2, 0) is 64.5 Å². The second-order valence-electron chi connectivity index (χ2n) is 39.1. The number of benzene rings is 4. The zero-order valence-corrected chi connectivity index (χ0v) is 78.8. The van der Waals surface area contributed by atoms with Crippen molar-refractivity contribution in [2.75, 3.05) is 0 Å². The fourth-order valence-electron chi connectivity index (χ4n) is 22.1. The number of piperidine rings is 4. The van der Waals surface area contributed by atoms with E-state index in [-0.39, 0.29) is 146 Å². The van der Waals surface area contributed by atoms with Crippen LogP contribution >= 0.6 is 46.4 Å². The molecule has 34 heteroatoms. The number of aliphatic carboxylic acids is 1. The number of amides is 4. The average molecular weight is 1940 g/mol. The molecule has 12 fully saturated rings. The van der Waals surface area contributed by atoms with E-state index in [2.05, 4.69) is 64.6 Å². The summed E-state index contributed by atoms with van der Waals surface area (Å²) in [7, 11) is 0. The Morgan fingerprint density at radius 3 is 0.797 bits per heavy atom. The molecule has 138 heavy (non-hydrogen) atoms. The zero-order valence-electron chi connectivity index (χ0n) is 75.7. The SMILES string of the molecule is C.CC(=O)c1nn(CC(=O)N2[C@@H]3C[C@@H]3C[C@H]2C(=O)CC2CC2c2cccc(Cl)c2)c2ncccc12.CC(=O)c1nn(CC(=O)N2[C@@H]3C[C@@H]3C[C@H]2C(=O)C[C@@H]2C[C@H]2c2cccc(Cl)c2)c2ncccc12.CC(=O)c1nn(CC(=O)N2[C@@H]3C[C@@H]3C[C@H]2C(=O)C[C@H]2C[C@@H]2c2cccc(Cl)c2)c2ncccc12.CC(=O)c1nn(CC(=O)N2[C@@H]3C[C@@H]3C[C@H]2C(=O)O)c2ncccc12.NC1CC1c1cccc(Cl)c1. The van der Waals surface area contributed by atoms with Crippen LogP contribution in [0.25, 0.3) is 44.1 Å². The topological polar surface area (TPSA) is 387 Å². The van der Waals surface area contributed by atoms with E-state index in [0.29, 0.717) is 158 Å². The van der Waals surface area contributed by atoms with Crippen LogP contribution in [0.15, 0.2) is 170 Å². The van der Waals surface area contributed by atoms with Crippen LogP contribution in [-0.4, -0.2) is 208 Å². The highest BCUT2D eigenvalue weighted by atomic mass is 35.5. The number of halogens is 4. The Morgan fingerprint density at radius 2 is 0.565 bits per heavy atom. The maximum Gasteiger partial charge on any atom is 0.326 e. The lowest BCUT2D eigenvalue weighted by Gasteiger charge is -2.27. The van der Waals surface area contributed by atoms with Crippen LogP contribution in [0.2, 0.25) is 20.1 Å². The Morgan fingerprint density at radius 1 is 0.326 bits per heavy atom. The molecular formula is C104H105Cl4N17O13. The maximum atomic E-state index is 13.4. The van der Waals surface area contributed by atoms with Gasteiger partial charge in [-0.15, -0.1) is 0 Å². The molecule has 4 aromatic carbocycles. The lowest BCUT2D eigenvalue weighted by molar-refractivity contribution is -0.149. The van der Waals surface area contributed by atoms with Gasteiger partial charge in [0.1, 0.15) is 55.0 Å². The van der Waals surface area contributed by atoms with Gasteiger partial charge in [-0.1, -0.05) is 102 Å². The fraction of sp³-hybridized carbons (Fsp3) is 0.423. The van der Waals surface area contributed by atoms with Gasteiger partial charge in [0, 0.05) is 128 Å². The zero-order chi connectivity index (χ0) is 95.5. The summed E-state index contributed by atoms with van der Waals surface area (Å²) < 4.78 is 5.90. The van der Waals surface area contributed by atoms with E-state index in [1.165, 1.54) is 73.6 Å². The Hall–Kier alpha value is -12.5. The van der Waals surface area contributed by atoms with Crippen LogP contribution in [0.4, 0.5) is 0 Å². The van der Waals surface area contributed by atoms with Crippen molar-refractivity contribution in [3.8, 4) is 0 Å². The van der Waals surface area contributed by atoms with E-state index in [1.807, 2.05) is 72.8 Å². The molecule has 12 aliphatic rings. The molecule has 8 saturated carbocycles. The standard InChI is InChI=1S/3C26H25ClN4O3.C16H16N4O4.C9H10ClN.CH4/c3*1-14(32)25-19-6-3-7-28-26(19)30(29-25)13-24(34)31-21-10-17(21)11-22(31)23(33)12-16-9-20(16)15-4-2-5-18(27)8-15;1-8(21)14-10-3-2-4-17-15(10)19(18-14)7-13(22)20-11-5-9(11)6-12(20)16(23)24;10-7-3-1-2-6(4-7)8-5-9(8)11;/h3*2-8,16-17,20-22H,9-13H2,1H3;2-4,9,11-12H,5-7H2,1H3,(H,23,24);1-4,8-9H,5,11H2;1H4/t16?,17-,20?,21-,22+;16-,17+,20-,21+,22-;16-,17-,20-,21-,22+;9-,11-,12+;;/m1011../s1. The Kier molecular flexibility index (Phi) is 26.3. The van der Waals surface area contributed by atoms with Gasteiger partial charge in [0.2, 0.25) is 23.6 Å². The summed E-state index contributed by atoms with van der Waals surface area (Å²) >= 11 is 24.2. The molecule has 4 unspecified atom stereocenters. The first-order chi connectivity index (χ1) is 65.9. The molecule has 30 nitrogen and oxygen atoms in total. The van der Waals surface area contributed by atoms with E-state index < -0.39 is 12.0 Å². The van der Waals surface area contributed by atoms with Crippen LogP contribution < -0.4 is 5.73 Å². The van der Waals surface area contributed by atoms with E-state index in [9.17, 15) is 62.6 Å². The Bertz CT molecular complexity index is 6470. The Labute approximate surface area is 815 Å². The van der Waals surface area contributed by atoms with Crippen molar-refractivity contribution in [3.63, 3.8) is 0 Å². The van der Waals surface area contributed by atoms with Gasteiger partial charge in [-0.05, 0) is 256 Å². The summed E-state index contributed by atoms with van der Waals surface area (Å²) in [5, 5.41) is 32.1. The minimum Gasteiger partial charge on any atom is -0.480 e.